The van der Waals surface area contributed by atoms with Gasteiger partial charge in [0.05, 0.1) is 6.10 Å². The number of hydrogen-bond acceptors (Lipinski definition) is 3. The molecule has 2 atom stereocenters. The van der Waals surface area contributed by atoms with Crippen LogP contribution in [-0.2, 0) is 0 Å². The lowest BCUT2D eigenvalue weighted by Crippen LogP contribution is -2.42. The summed E-state index contributed by atoms with van der Waals surface area (Å²) in [5.41, 5.74) is 0. The number of rotatable bonds is 4. The van der Waals surface area contributed by atoms with Crippen LogP contribution in [0.5, 0.6) is 0 Å². The lowest BCUT2D eigenvalue weighted by molar-refractivity contribution is 0.103. The standard InChI is InChI=1S/C14H28N2O/c1-15(2)13-7-10-16(11-8-13)9-6-12-4-3-5-14(12)17/h12-14,17H,3-11H2,1-2H3. The molecule has 3 heteroatoms. The zero-order chi connectivity index (χ0) is 12.3. The summed E-state index contributed by atoms with van der Waals surface area (Å²) in [5, 5.41) is 9.81. The van der Waals surface area contributed by atoms with E-state index in [1.807, 2.05) is 0 Å². The molecule has 0 spiro atoms. The second kappa shape index (κ2) is 6.17. The average molecular weight is 240 g/mol. The highest BCUT2D eigenvalue weighted by Crippen LogP contribution is 2.28. The van der Waals surface area contributed by atoms with Crippen molar-refractivity contribution in [3.63, 3.8) is 0 Å². The van der Waals surface area contributed by atoms with E-state index in [4.69, 9.17) is 0 Å². The van der Waals surface area contributed by atoms with E-state index in [0.29, 0.717) is 5.92 Å². The lowest BCUT2D eigenvalue weighted by atomic mass is 9.99. The van der Waals surface area contributed by atoms with E-state index in [1.165, 1.54) is 51.7 Å². The van der Waals surface area contributed by atoms with Crippen LogP contribution < -0.4 is 0 Å². The Bertz CT molecular complexity index is 224. The number of aliphatic hydroxyl groups is 1. The third kappa shape index (κ3) is 3.67. The molecule has 1 heterocycles. The Hall–Kier alpha value is -0.120. The molecule has 0 radical (unpaired) electrons. The molecule has 1 N–H and O–H groups in total. The predicted octanol–water partition coefficient (Wildman–Crippen LogP) is 1.56. The van der Waals surface area contributed by atoms with Gasteiger partial charge in [-0.15, -0.1) is 0 Å². The monoisotopic (exact) mass is 240 g/mol. The van der Waals surface area contributed by atoms with Gasteiger partial charge >= 0.3 is 0 Å². The molecule has 0 amide bonds. The van der Waals surface area contributed by atoms with Crippen LogP contribution in [0, 0.1) is 5.92 Å². The van der Waals surface area contributed by atoms with E-state index in [-0.39, 0.29) is 6.10 Å². The first-order valence-electron chi connectivity index (χ1n) is 7.23. The molecule has 100 valence electrons. The van der Waals surface area contributed by atoms with Crippen LogP contribution in [0.3, 0.4) is 0 Å². The maximum absolute atomic E-state index is 9.81. The first-order valence-corrected chi connectivity index (χ1v) is 7.23. The zero-order valence-electron chi connectivity index (χ0n) is 11.4. The highest BCUT2D eigenvalue weighted by molar-refractivity contribution is 4.80. The fraction of sp³-hybridized carbons (Fsp3) is 1.00. The van der Waals surface area contributed by atoms with E-state index >= 15 is 0 Å². The predicted molar refractivity (Wildman–Crippen MR) is 71.1 cm³/mol. The van der Waals surface area contributed by atoms with Gasteiger partial charge in [-0.25, -0.2) is 0 Å². The van der Waals surface area contributed by atoms with Crippen LogP contribution in [0.2, 0.25) is 0 Å². The summed E-state index contributed by atoms with van der Waals surface area (Å²) in [5.74, 6) is 0.585. The Morgan fingerprint density at radius 2 is 1.82 bits per heavy atom. The summed E-state index contributed by atoms with van der Waals surface area (Å²) in [6, 6.07) is 0.781. The van der Waals surface area contributed by atoms with Crippen LogP contribution in [0.25, 0.3) is 0 Å². The van der Waals surface area contributed by atoms with Gasteiger partial charge in [-0.1, -0.05) is 6.42 Å². The van der Waals surface area contributed by atoms with Crippen molar-refractivity contribution in [3.05, 3.63) is 0 Å². The van der Waals surface area contributed by atoms with Crippen LogP contribution in [0.15, 0.2) is 0 Å². The van der Waals surface area contributed by atoms with Crippen molar-refractivity contribution < 1.29 is 5.11 Å². The lowest BCUT2D eigenvalue weighted by Gasteiger charge is -2.35. The molecule has 1 saturated carbocycles. The van der Waals surface area contributed by atoms with Crippen molar-refractivity contribution in [1.29, 1.82) is 0 Å². The molecule has 2 fully saturated rings. The molecule has 1 saturated heterocycles. The van der Waals surface area contributed by atoms with E-state index < -0.39 is 0 Å². The Labute approximate surface area is 106 Å². The first-order chi connectivity index (χ1) is 8.16. The van der Waals surface area contributed by atoms with Crippen molar-refractivity contribution >= 4 is 0 Å². The summed E-state index contributed by atoms with van der Waals surface area (Å²) in [6.07, 6.45) is 7.32. The van der Waals surface area contributed by atoms with Crippen molar-refractivity contribution in [2.24, 2.45) is 5.92 Å². The summed E-state index contributed by atoms with van der Waals surface area (Å²) in [4.78, 5) is 4.95. The maximum atomic E-state index is 9.81. The second-order valence-corrected chi connectivity index (χ2v) is 6.08. The summed E-state index contributed by atoms with van der Waals surface area (Å²) in [6.45, 7) is 3.68. The van der Waals surface area contributed by atoms with Crippen LogP contribution in [0.1, 0.15) is 38.5 Å². The average Bonchev–Trinajstić information content (AvgIpc) is 2.73. The van der Waals surface area contributed by atoms with Crippen molar-refractivity contribution in [3.8, 4) is 0 Å². The molecule has 2 aliphatic rings. The molecule has 1 aliphatic carbocycles. The second-order valence-electron chi connectivity index (χ2n) is 6.08. The normalized spacial score (nSPS) is 32.5. The number of piperidine rings is 1. The summed E-state index contributed by atoms with van der Waals surface area (Å²) in [7, 11) is 4.38. The molecule has 2 rings (SSSR count). The topological polar surface area (TPSA) is 26.7 Å². The number of aliphatic hydroxyl groups excluding tert-OH is 1. The van der Waals surface area contributed by atoms with Gasteiger partial charge in [0.1, 0.15) is 0 Å². The van der Waals surface area contributed by atoms with E-state index in [0.717, 1.165) is 12.5 Å². The molecular weight excluding hydrogens is 212 g/mol. The Balaban J connectivity index is 1.64. The van der Waals surface area contributed by atoms with Gasteiger partial charge in [0.2, 0.25) is 0 Å². The SMILES string of the molecule is CN(C)C1CCN(CCC2CCCC2O)CC1. The molecule has 0 aromatic rings. The number of hydrogen-bond donors (Lipinski definition) is 1. The number of nitrogens with zero attached hydrogens (tertiary/aromatic N) is 2. The molecule has 0 bridgehead atoms. The fourth-order valence-electron chi connectivity index (χ4n) is 3.36. The molecular formula is C14H28N2O. The minimum absolute atomic E-state index is 0.00526. The molecule has 17 heavy (non-hydrogen) atoms. The molecule has 1 aliphatic heterocycles. The Morgan fingerprint density at radius 1 is 1.12 bits per heavy atom. The smallest absolute Gasteiger partial charge is 0.0568 e. The quantitative estimate of drug-likeness (QED) is 0.808. The van der Waals surface area contributed by atoms with Crippen molar-refractivity contribution in [1.82, 2.24) is 9.80 Å². The van der Waals surface area contributed by atoms with Crippen LogP contribution >= 0.6 is 0 Å². The third-order valence-electron chi connectivity index (χ3n) is 4.72. The van der Waals surface area contributed by atoms with Gasteiger partial charge in [0.15, 0.2) is 0 Å². The highest BCUT2D eigenvalue weighted by atomic mass is 16.3. The van der Waals surface area contributed by atoms with Gasteiger partial charge in [-0.2, -0.15) is 0 Å². The highest BCUT2D eigenvalue weighted by Gasteiger charge is 2.26. The summed E-state index contributed by atoms with van der Waals surface area (Å²) < 4.78 is 0. The Kier molecular flexibility index (Phi) is 4.83. The minimum Gasteiger partial charge on any atom is -0.393 e. The third-order valence-corrected chi connectivity index (χ3v) is 4.72. The van der Waals surface area contributed by atoms with E-state index in [1.54, 1.807) is 0 Å². The molecule has 0 aromatic carbocycles. The molecule has 3 nitrogen and oxygen atoms in total. The Morgan fingerprint density at radius 3 is 2.35 bits per heavy atom. The van der Waals surface area contributed by atoms with Crippen LogP contribution in [0.4, 0.5) is 0 Å². The molecule has 0 aromatic heterocycles. The van der Waals surface area contributed by atoms with E-state index in [2.05, 4.69) is 23.9 Å². The van der Waals surface area contributed by atoms with E-state index in [9.17, 15) is 5.11 Å². The minimum atomic E-state index is -0.00526. The fourth-order valence-corrected chi connectivity index (χ4v) is 3.36. The van der Waals surface area contributed by atoms with Gasteiger partial charge in [-0.05, 0) is 71.8 Å². The first kappa shape index (κ1) is 13.3. The van der Waals surface area contributed by atoms with Gasteiger partial charge < -0.3 is 14.9 Å². The molecule has 2 unspecified atom stereocenters. The zero-order valence-corrected chi connectivity index (χ0v) is 11.4. The number of likely N-dealkylation sites (tertiary alicyclic amines) is 1. The van der Waals surface area contributed by atoms with Crippen molar-refractivity contribution in [2.75, 3.05) is 33.7 Å². The van der Waals surface area contributed by atoms with Crippen molar-refractivity contribution in [2.45, 2.75) is 50.7 Å². The largest absolute Gasteiger partial charge is 0.393 e. The van der Waals surface area contributed by atoms with Gasteiger partial charge in [0, 0.05) is 6.04 Å². The van der Waals surface area contributed by atoms with Gasteiger partial charge in [-0.3, -0.25) is 0 Å². The summed E-state index contributed by atoms with van der Waals surface area (Å²) >= 11 is 0. The van der Waals surface area contributed by atoms with Gasteiger partial charge in [0.25, 0.3) is 0 Å². The van der Waals surface area contributed by atoms with Crippen LogP contribution in [-0.4, -0.2) is 60.8 Å². The maximum Gasteiger partial charge on any atom is 0.0568 e.